The van der Waals surface area contributed by atoms with Gasteiger partial charge in [0.15, 0.2) is 0 Å². The number of nitro groups is 1. The van der Waals surface area contributed by atoms with Crippen LogP contribution in [0, 0.1) is 10.1 Å². The van der Waals surface area contributed by atoms with Crippen molar-refractivity contribution >= 4 is 33.7 Å². The molecule has 90 valence electrons. The van der Waals surface area contributed by atoms with Crippen LogP contribution in [0.1, 0.15) is 5.56 Å². The van der Waals surface area contributed by atoms with Crippen LogP contribution in [0.2, 0.25) is 0 Å². The summed E-state index contributed by atoms with van der Waals surface area (Å²) in [6, 6.07) is 2.65. The molecule has 1 aromatic carbocycles. The van der Waals surface area contributed by atoms with Gasteiger partial charge in [-0.3, -0.25) is 10.1 Å². The molecule has 0 unspecified atom stereocenters. The van der Waals surface area contributed by atoms with Crippen LogP contribution in [0.4, 0.5) is 5.69 Å². The number of benzene rings is 1. The van der Waals surface area contributed by atoms with Gasteiger partial charge in [-0.05, 0) is 28.1 Å². The smallest absolute Gasteiger partial charge is 0.328 e. The van der Waals surface area contributed by atoms with E-state index in [1.807, 2.05) is 0 Å². The number of aliphatic carboxylic acids is 1. The first-order chi connectivity index (χ1) is 7.95. The second-order valence-corrected chi connectivity index (χ2v) is 3.83. The maximum atomic E-state index is 10.7. The second kappa shape index (κ2) is 5.44. The number of carboxylic acid groups (broad SMARTS) is 1. The van der Waals surface area contributed by atoms with Gasteiger partial charge in [0.2, 0.25) is 0 Å². The van der Waals surface area contributed by atoms with Crippen molar-refractivity contribution in [3.05, 3.63) is 38.4 Å². The Hall–Kier alpha value is -1.89. The third kappa shape index (κ3) is 3.28. The van der Waals surface area contributed by atoms with Crippen LogP contribution in [-0.4, -0.2) is 23.1 Å². The molecule has 1 rings (SSSR count). The zero-order chi connectivity index (χ0) is 13.0. The highest BCUT2D eigenvalue weighted by Gasteiger charge is 2.15. The molecule has 17 heavy (non-hydrogen) atoms. The minimum atomic E-state index is -1.11. The van der Waals surface area contributed by atoms with E-state index in [4.69, 9.17) is 9.84 Å². The third-order valence-corrected chi connectivity index (χ3v) is 2.54. The number of carboxylic acids is 1. The molecule has 0 saturated carbocycles. The van der Waals surface area contributed by atoms with E-state index in [-0.39, 0.29) is 15.9 Å². The summed E-state index contributed by atoms with van der Waals surface area (Å²) in [4.78, 5) is 20.5. The fourth-order valence-electron chi connectivity index (χ4n) is 1.17. The van der Waals surface area contributed by atoms with Crippen LogP contribution < -0.4 is 4.74 Å². The van der Waals surface area contributed by atoms with Gasteiger partial charge < -0.3 is 9.84 Å². The van der Waals surface area contributed by atoms with Crippen molar-refractivity contribution in [2.45, 2.75) is 0 Å². The minimum absolute atomic E-state index is 0.144. The summed E-state index contributed by atoms with van der Waals surface area (Å²) in [5, 5.41) is 19.2. The maximum Gasteiger partial charge on any atom is 0.328 e. The standard InChI is InChI=1S/C10H8BrNO5/c1-17-9-5-8(12(15)16)7(11)4-6(9)2-3-10(13)14/h2-5H,1H3,(H,13,14)/b3-2+. The first-order valence-electron chi connectivity index (χ1n) is 4.38. The Balaban J connectivity index is 3.28. The Morgan fingerprint density at radius 3 is 2.71 bits per heavy atom. The number of hydrogen-bond acceptors (Lipinski definition) is 4. The van der Waals surface area contributed by atoms with Gasteiger partial charge in [0.1, 0.15) is 5.75 Å². The molecule has 0 bridgehead atoms. The van der Waals surface area contributed by atoms with E-state index >= 15 is 0 Å². The minimum Gasteiger partial charge on any atom is -0.496 e. The van der Waals surface area contributed by atoms with Gasteiger partial charge in [-0.15, -0.1) is 0 Å². The Bertz CT molecular complexity index is 498. The van der Waals surface area contributed by atoms with Gasteiger partial charge in [0, 0.05) is 11.6 Å². The van der Waals surface area contributed by atoms with E-state index in [0.29, 0.717) is 5.56 Å². The zero-order valence-corrected chi connectivity index (χ0v) is 10.3. The van der Waals surface area contributed by atoms with E-state index in [0.717, 1.165) is 6.08 Å². The predicted molar refractivity (Wildman–Crippen MR) is 64.0 cm³/mol. The quantitative estimate of drug-likeness (QED) is 0.524. The normalized spacial score (nSPS) is 10.5. The summed E-state index contributed by atoms with van der Waals surface area (Å²) in [6.45, 7) is 0. The molecule has 0 fully saturated rings. The zero-order valence-electron chi connectivity index (χ0n) is 8.71. The summed E-state index contributed by atoms with van der Waals surface area (Å²) in [6.07, 6.45) is 2.23. The predicted octanol–water partition coefficient (Wildman–Crippen LogP) is 2.46. The van der Waals surface area contributed by atoms with E-state index in [1.165, 1.54) is 25.3 Å². The van der Waals surface area contributed by atoms with Crippen LogP contribution in [0.3, 0.4) is 0 Å². The molecular formula is C10H8BrNO5. The lowest BCUT2D eigenvalue weighted by molar-refractivity contribution is -0.385. The summed E-state index contributed by atoms with van der Waals surface area (Å²) >= 11 is 3.04. The molecule has 0 aliphatic heterocycles. The molecule has 0 heterocycles. The van der Waals surface area contributed by atoms with Crippen molar-refractivity contribution in [2.24, 2.45) is 0 Å². The van der Waals surface area contributed by atoms with E-state index in [9.17, 15) is 14.9 Å². The number of nitrogens with zero attached hydrogens (tertiary/aromatic N) is 1. The van der Waals surface area contributed by atoms with Gasteiger partial charge >= 0.3 is 5.97 Å². The van der Waals surface area contributed by atoms with Crippen LogP contribution in [0.5, 0.6) is 5.75 Å². The third-order valence-electron chi connectivity index (χ3n) is 1.90. The van der Waals surface area contributed by atoms with Crippen LogP contribution in [0.15, 0.2) is 22.7 Å². The van der Waals surface area contributed by atoms with Gasteiger partial charge in [0.05, 0.1) is 22.6 Å². The van der Waals surface area contributed by atoms with Gasteiger partial charge in [-0.1, -0.05) is 0 Å². The first-order valence-corrected chi connectivity index (χ1v) is 5.18. The highest BCUT2D eigenvalue weighted by molar-refractivity contribution is 9.10. The number of carbonyl (C=O) groups is 1. The summed E-state index contributed by atoms with van der Waals surface area (Å²) in [5.41, 5.74) is 0.293. The molecule has 0 saturated heterocycles. The topological polar surface area (TPSA) is 89.7 Å². The summed E-state index contributed by atoms with van der Waals surface area (Å²) in [5.74, 6) is -0.876. The Morgan fingerprint density at radius 1 is 1.59 bits per heavy atom. The second-order valence-electron chi connectivity index (χ2n) is 2.97. The van der Waals surface area contributed by atoms with Gasteiger partial charge in [0.25, 0.3) is 5.69 Å². The molecular weight excluding hydrogens is 294 g/mol. The van der Waals surface area contributed by atoms with E-state index in [2.05, 4.69) is 15.9 Å². The fraction of sp³-hybridized carbons (Fsp3) is 0.100. The van der Waals surface area contributed by atoms with Crippen LogP contribution in [0.25, 0.3) is 6.08 Å². The highest BCUT2D eigenvalue weighted by Crippen LogP contribution is 2.33. The van der Waals surface area contributed by atoms with E-state index < -0.39 is 10.9 Å². The lowest BCUT2D eigenvalue weighted by Gasteiger charge is -2.05. The van der Waals surface area contributed by atoms with Crippen molar-refractivity contribution in [3.63, 3.8) is 0 Å². The molecule has 0 radical (unpaired) electrons. The molecule has 0 spiro atoms. The number of methoxy groups -OCH3 is 1. The molecule has 0 aromatic heterocycles. The monoisotopic (exact) mass is 301 g/mol. The summed E-state index contributed by atoms with van der Waals surface area (Å²) in [7, 11) is 1.35. The van der Waals surface area contributed by atoms with Crippen molar-refractivity contribution in [1.82, 2.24) is 0 Å². The molecule has 1 N–H and O–H groups in total. The molecule has 0 aliphatic rings. The van der Waals surface area contributed by atoms with Crippen LogP contribution in [-0.2, 0) is 4.79 Å². The number of ether oxygens (including phenoxy) is 1. The van der Waals surface area contributed by atoms with Crippen molar-refractivity contribution < 1.29 is 19.6 Å². The number of halogens is 1. The SMILES string of the molecule is COc1cc([N+](=O)[O-])c(Br)cc1/C=C/C(=O)O. The average molecular weight is 302 g/mol. The van der Waals surface area contributed by atoms with Crippen molar-refractivity contribution in [2.75, 3.05) is 7.11 Å². The first kappa shape index (κ1) is 13.2. The summed E-state index contributed by atoms with van der Waals surface area (Å²) < 4.78 is 5.21. The molecule has 0 atom stereocenters. The Morgan fingerprint density at radius 2 is 2.24 bits per heavy atom. The number of nitro benzene ring substituents is 1. The molecule has 7 heteroatoms. The van der Waals surface area contributed by atoms with Crippen molar-refractivity contribution in [1.29, 1.82) is 0 Å². The van der Waals surface area contributed by atoms with Crippen LogP contribution >= 0.6 is 15.9 Å². The van der Waals surface area contributed by atoms with E-state index in [1.54, 1.807) is 0 Å². The number of hydrogen-bond donors (Lipinski definition) is 1. The average Bonchev–Trinajstić information content (AvgIpc) is 2.25. The Kier molecular flexibility index (Phi) is 4.22. The lowest BCUT2D eigenvalue weighted by Crippen LogP contribution is -1.94. The largest absolute Gasteiger partial charge is 0.496 e. The maximum absolute atomic E-state index is 10.7. The fourth-order valence-corrected chi connectivity index (χ4v) is 1.67. The van der Waals surface area contributed by atoms with Gasteiger partial charge in [-0.2, -0.15) is 0 Å². The Labute approximate surface area is 105 Å². The highest BCUT2D eigenvalue weighted by atomic mass is 79.9. The van der Waals surface area contributed by atoms with Crippen molar-refractivity contribution in [3.8, 4) is 5.75 Å². The molecule has 6 nitrogen and oxygen atoms in total. The lowest BCUT2D eigenvalue weighted by atomic mass is 10.1. The molecule has 0 amide bonds. The molecule has 0 aliphatic carbocycles. The van der Waals surface area contributed by atoms with Gasteiger partial charge in [-0.25, -0.2) is 4.79 Å². The number of rotatable bonds is 4. The molecule has 1 aromatic rings.